The first kappa shape index (κ1) is 26.5. The molecule has 1 aliphatic rings. The van der Waals surface area contributed by atoms with Crippen molar-refractivity contribution in [3.8, 4) is 11.3 Å². The number of hydrogen-bond acceptors (Lipinski definition) is 5. The number of pyridine rings is 1. The molecule has 1 saturated heterocycles. The lowest BCUT2D eigenvalue weighted by Gasteiger charge is -2.46. The van der Waals surface area contributed by atoms with Gasteiger partial charge in [0.05, 0.1) is 17.4 Å². The minimum atomic E-state index is -0.618. The molecular formula is C30H33FN6O2. The van der Waals surface area contributed by atoms with Crippen molar-refractivity contribution < 1.29 is 14.0 Å². The summed E-state index contributed by atoms with van der Waals surface area (Å²) < 4.78 is 15.6. The summed E-state index contributed by atoms with van der Waals surface area (Å²) in [6.07, 6.45) is 3.26. The molecule has 3 aromatic heterocycles. The molecule has 2 amide bonds. The van der Waals surface area contributed by atoms with Gasteiger partial charge in [0.1, 0.15) is 17.2 Å². The third-order valence-electron chi connectivity index (χ3n) is 7.22. The van der Waals surface area contributed by atoms with Crippen molar-refractivity contribution >= 4 is 17.5 Å². The monoisotopic (exact) mass is 528 g/mol. The highest BCUT2D eigenvalue weighted by Crippen LogP contribution is 2.31. The summed E-state index contributed by atoms with van der Waals surface area (Å²) in [6, 6.07) is 12.1. The van der Waals surface area contributed by atoms with Gasteiger partial charge in [-0.15, -0.1) is 0 Å². The van der Waals surface area contributed by atoms with Crippen LogP contribution in [0, 0.1) is 12.7 Å². The Hall–Kier alpha value is -4.14. The van der Waals surface area contributed by atoms with Crippen molar-refractivity contribution in [1.29, 1.82) is 0 Å². The molecule has 9 heteroatoms. The number of rotatable bonds is 3. The van der Waals surface area contributed by atoms with Crippen LogP contribution >= 0.6 is 0 Å². The van der Waals surface area contributed by atoms with E-state index in [9.17, 15) is 14.0 Å². The van der Waals surface area contributed by atoms with Gasteiger partial charge >= 0.3 is 0 Å². The van der Waals surface area contributed by atoms with E-state index in [0.29, 0.717) is 42.2 Å². The van der Waals surface area contributed by atoms with Crippen molar-refractivity contribution in [2.75, 3.05) is 19.6 Å². The molecule has 0 aliphatic carbocycles. The van der Waals surface area contributed by atoms with E-state index in [4.69, 9.17) is 10.1 Å². The molecule has 0 N–H and O–H groups in total. The lowest BCUT2D eigenvalue weighted by Crippen LogP contribution is -2.62. The predicted molar refractivity (Wildman–Crippen MR) is 147 cm³/mol. The number of piperazine rings is 1. The largest absolute Gasteiger partial charge is 0.333 e. The molecule has 4 heterocycles. The molecule has 0 atom stereocenters. The zero-order chi connectivity index (χ0) is 28.1. The van der Waals surface area contributed by atoms with E-state index in [-0.39, 0.29) is 28.7 Å². The summed E-state index contributed by atoms with van der Waals surface area (Å²) in [7, 11) is 0. The fourth-order valence-corrected chi connectivity index (χ4v) is 5.07. The molecule has 0 radical (unpaired) electrons. The summed E-state index contributed by atoms with van der Waals surface area (Å²) in [5, 5.41) is 4.74. The maximum atomic E-state index is 13.9. The zero-order valence-corrected chi connectivity index (χ0v) is 23.2. The number of benzene rings is 1. The Morgan fingerprint density at radius 2 is 1.77 bits per heavy atom. The van der Waals surface area contributed by atoms with Crippen LogP contribution in [0.3, 0.4) is 0 Å². The number of fused-ring (bicyclic) bond motifs is 1. The number of nitrogens with zero attached hydrogens (tertiary/aromatic N) is 6. The predicted octanol–water partition coefficient (Wildman–Crippen LogP) is 4.91. The van der Waals surface area contributed by atoms with Crippen molar-refractivity contribution in [3.63, 3.8) is 0 Å². The maximum absolute atomic E-state index is 13.9. The summed E-state index contributed by atoms with van der Waals surface area (Å²) >= 11 is 0. The van der Waals surface area contributed by atoms with Crippen molar-refractivity contribution in [1.82, 2.24) is 29.4 Å². The van der Waals surface area contributed by atoms with Gasteiger partial charge in [-0.05, 0) is 68.1 Å². The fraction of sp³-hybridized carbons (Fsp3) is 0.367. The maximum Gasteiger partial charge on any atom is 0.274 e. The molecule has 202 valence electrons. The smallest absolute Gasteiger partial charge is 0.274 e. The van der Waals surface area contributed by atoms with Gasteiger partial charge in [-0.25, -0.2) is 13.9 Å². The fourth-order valence-electron chi connectivity index (χ4n) is 5.07. The quantitative estimate of drug-likeness (QED) is 0.377. The second-order valence-corrected chi connectivity index (χ2v) is 11.8. The highest BCUT2D eigenvalue weighted by molar-refractivity contribution is 5.95. The molecule has 39 heavy (non-hydrogen) atoms. The van der Waals surface area contributed by atoms with Crippen LogP contribution in [0.4, 0.5) is 4.39 Å². The van der Waals surface area contributed by atoms with Gasteiger partial charge in [0.15, 0.2) is 5.65 Å². The SMILES string of the molecule is Cc1cc(-c2cc(C(C)(C)C)c3nc(C(=O)N4CCN(C(=O)c5ccccn5)CC4(C)C)cn3n2)ccc1F. The average Bonchev–Trinajstić information content (AvgIpc) is 3.32. The van der Waals surface area contributed by atoms with Gasteiger partial charge < -0.3 is 9.80 Å². The number of carbonyl (C=O) groups excluding carboxylic acids is 2. The molecular weight excluding hydrogens is 495 g/mol. The number of halogens is 1. The number of aromatic nitrogens is 4. The summed E-state index contributed by atoms with van der Waals surface area (Å²) in [5.74, 6) is -0.628. The average molecular weight is 529 g/mol. The Kier molecular flexibility index (Phi) is 6.48. The first-order valence-electron chi connectivity index (χ1n) is 13.0. The molecule has 1 aliphatic heterocycles. The lowest BCUT2D eigenvalue weighted by molar-refractivity contribution is 0.0163. The minimum Gasteiger partial charge on any atom is -0.333 e. The Morgan fingerprint density at radius 1 is 1.00 bits per heavy atom. The Morgan fingerprint density at radius 3 is 2.41 bits per heavy atom. The topological polar surface area (TPSA) is 83.7 Å². The van der Waals surface area contributed by atoms with Crippen LogP contribution < -0.4 is 0 Å². The summed E-state index contributed by atoms with van der Waals surface area (Å²) in [5.41, 5.74) is 3.32. The van der Waals surface area contributed by atoms with E-state index >= 15 is 0 Å². The highest BCUT2D eigenvalue weighted by Gasteiger charge is 2.40. The first-order valence-corrected chi connectivity index (χ1v) is 13.0. The molecule has 8 nitrogen and oxygen atoms in total. The van der Waals surface area contributed by atoms with Crippen molar-refractivity contribution in [2.24, 2.45) is 0 Å². The molecule has 0 spiro atoms. The van der Waals surface area contributed by atoms with Crippen molar-refractivity contribution in [3.05, 3.63) is 83.2 Å². The molecule has 1 fully saturated rings. The van der Waals surface area contributed by atoms with E-state index in [1.165, 1.54) is 6.07 Å². The third kappa shape index (κ3) is 5.01. The van der Waals surface area contributed by atoms with Gasteiger partial charge in [-0.1, -0.05) is 26.8 Å². The molecule has 5 rings (SSSR count). The summed E-state index contributed by atoms with van der Waals surface area (Å²) in [4.78, 5) is 39.2. The summed E-state index contributed by atoms with van der Waals surface area (Å²) in [6.45, 7) is 13.0. The van der Waals surface area contributed by atoms with E-state index in [1.54, 1.807) is 64.0 Å². The normalized spacial score (nSPS) is 15.6. The third-order valence-corrected chi connectivity index (χ3v) is 7.22. The first-order chi connectivity index (χ1) is 18.3. The van der Waals surface area contributed by atoms with Crippen LogP contribution in [0.1, 0.15) is 66.7 Å². The van der Waals surface area contributed by atoms with E-state index < -0.39 is 5.54 Å². The molecule has 4 aromatic rings. The number of imidazole rings is 1. The van der Waals surface area contributed by atoms with Gasteiger partial charge in [-0.2, -0.15) is 5.10 Å². The Balaban J connectivity index is 1.47. The Labute approximate surface area is 227 Å². The van der Waals surface area contributed by atoms with E-state index in [1.807, 2.05) is 19.9 Å². The zero-order valence-electron chi connectivity index (χ0n) is 23.2. The number of carbonyl (C=O) groups is 2. The second-order valence-electron chi connectivity index (χ2n) is 11.8. The van der Waals surface area contributed by atoms with Crippen LogP contribution in [-0.2, 0) is 5.41 Å². The number of aryl methyl sites for hydroxylation is 1. The van der Waals surface area contributed by atoms with Gasteiger partial charge in [0.25, 0.3) is 11.8 Å². The molecule has 1 aromatic carbocycles. The highest BCUT2D eigenvalue weighted by atomic mass is 19.1. The van der Waals surface area contributed by atoms with Gasteiger partial charge in [0.2, 0.25) is 0 Å². The van der Waals surface area contributed by atoms with Crippen molar-refractivity contribution in [2.45, 2.75) is 52.5 Å². The van der Waals surface area contributed by atoms with Crippen LogP contribution in [0.2, 0.25) is 0 Å². The van der Waals surface area contributed by atoms with Crippen LogP contribution in [0.15, 0.2) is 54.9 Å². The van der Waals surface area contributed by atoms with Crippen LogP contribution in [0.5, 0.6) is 0 Å². The lowest BCUT2D eigenvalue weighted by atomic mass is 9.87. The van der Waals surface area contributed by atoms with E-state index in [2.05, 4.69) is 25.8 Å². The van der Waals surface area contributed by atoms with Crippen LogP contribution in [0.25, 0.3) is 16.9 Å². The molecule has 0 unspecified atom stereocenters. The van der Waals surface area contributed by atoms with Crippen LogP contribution in [-0.4, -0.2) is 66.4 Å². The van der Waals surface area contributed by atoms with Gasteiger partial charge in [-0.3, -0.25) is 14.6 Å². The van der Waals surface area contributed by atoms with E-state index in [0.717, 1.165) is 11.1 Å². The molecule has 0 saturated carbocycles. The van der Waals surface area contributed by atoms with Gasteiger partial charge in [0, 0.05) is 37.0 Å². The number of hydrogen-bond donors (Lipinski definition) is 0. The standard InChI is InChI=1S/C30H33FN6O2/c1-19-15-20(10-11-22(19)31)24-16-21(29(2,3)4)26-33-25(17-37(26)34-24)28(39)36-14-13-35(18-30(36,5)6)27(38)23-9-7-8-12-32-23/h7-12,15-17H,13-14,18H2,1-6H3. The molecule has 0 bridgehead atoms. The Bertz CT molecular complexity index is 1570. The second kappa shape index (κ2) is 9.55. The number of amides is 2. The minimum absolute atomic E-state index is 0.147.